The molecule has 2 aromatic carbocycles. The summed E-state index contributed by atoms with van der Waals surface area (Å²) < 4.78 is 13.8. The number of alkyl halides is 1. The number of nitrogens with one attached hydrogen (secondary N) is 1. The molecule has 0 amide bonds. The van der Waals surface area contributed by atoms with Crippen molar-refractivity contribution >= 4 is 35.0 Å². The Morgan fingerprint density at radius 3 is 2.53 bits per heavy atom. The smallest absolute Gasteiger partial charge is 0.303 e. The highest BCUT2D eigenvalue weighted by molar-refractivity contribution is 6.32. The van der Waals surface area contributed by atoms with Crippen molar-refractivity contribution < 1.29 is 14.3 Å². The maximum absolute atomic E-state index is 13.8. The maximum Gasteiger partial charge on any atom is 0.303 e. The monoisotopic (exact) mass is 452 g/mol. The average Bonchev–Trinajstić information content (AvgIpc) is 2.78. The van der Waals surface area contributed by atoms with Crippen LogP contribution in [0.15, 0.2) is 70.8 Å². The summed E-state index contributed by atoms with van der Waals surface area (Å²) in [5.41, 5.74) is 12.6. The predicted molar refractivity (Wildman–Crippen MR) is 129 cm³/mol. The number of hydrogen-bond donors (Lipinski definition) is 3. The van der Waals surface area contributed by atoms with E-state index >= 15 is 0 Å². The number of allylic oxidation sites excluding steroid dienone is 5. The molecule has 1 aliphatic carbocycles. The molecule has 1 atom stereocenters. The Labute approximate surface area is 192 Å². The van der Waals surface area contributed by atoms with Crippen LogP contribution in [-0.4, -0.2) is 23.5 Å². The SMILES string of the molecule is CC/C(C1=CCC(F)C=C1Cl)=C(/c1ccc(CCC(=O)O)cc1)c1ccc(N)c(C=N)c1. The van der Waals surface area contributed by atoms with Crippen molar-refractivity contribution in [2.75, 3.05) is 5.73 Å². The van der Waals surface area contributed by atoms with Crippen LogP contribution in [0.4, 0.5) is 10.1 Å². The van der Waals surface area contributed by atoms with Gasteiger partial charge in [0.25, 0.3) is 0 Å². The first-order chi connectivity index (χ1) is 15.3. The van der Waals surface area contributed by atoms with Crippen LogP contribution in [0.25, 0.3) is 5.57 Å². The number of hydrogen-bond acceptors (Lipinski definition) is 3. The molecule has 6 heteroatoms. The van der Waals surface area contributed by atoms with E-state index in [1.165, 1.54) is 12.3 Å². The van der Waals surface area contributed by atoms with Crippen LogP contribution < -0.4 is 5.73 Å². The summed E-state index contributed by atoms with van der Waals surface area (Å²) in [6.07, 6.45) is 4.84. The third-order valence-corrected chi connectivity index (χ3v) is 5.84. The van der Waals surface area contributed by atoms with Crippen LogP contribution >= 0.6 is 11.6 Å². The number of aryl methyl sites for hydroxylation is 1. The summed E-state index contributed by atoms with van der Waals surface area (Å²) in [5, 5.41) is 17.0. The number of benzene rings is 2. The molecule has 1 unspecified atom stereocenters. The Bertz CT molecular complexity index is 1120. The summed E-state index contributed by atoms with van der Waals surface area (Å²) in [4.78, 5) is 10.9. The Morgan fingerprint density at radius 2 is 1.94 bits per heavy atom. The van der Waals surface area contributed by atoms with Gasteiger partial charge in [0.2, 0.25) is 0 Å². The van der Waals surface area contributed by atoms with E-state index in [1.807, 2.05) is 49.4 Å². The third kappa shape index (κ3) is 5.35. The number of carbonyl (C=O) groups is 1. The molecule has 166 valence electrons. The van der Waals surface area contributed by atoms with Crippen molar-refractivity contribution in [2.24, 2.45) is 0 Å². The number of carboxylic acids is 1. The van der Waals surface area contributed by atoms with Crippen LogP contribution in [0.3, 0.4) is 0 Å². The Kier molecular flexibility index (Phi) is 7.65. The lowest BCUT2D eigenvalue weighted by molar-refractivity contribution is -0.136. The van der Waals surface area contributed by atoms with Gasteiger partial charge in [0, 0.05) is 35.3 Å². The van der Waals surface area contributed by atoms with Crippen LogP contribution in [-0.2, 0) is 11.2 Å². The number of nitrogens with two attached hydrogens (primary N) is 1. The molecular formula is C26H26ClFN2O2. The summed E-state index contributed by atoms with van der Waals surface area (Å²) in [6, 6.07) is 13.3. The van der Waals surface area contributed by atoms with Crippen LogP contribution in [0.1, 0.15) is 48.4 Å². The van der Waals surface area contributed by atoms with Gasteiger partial charge in [0.15, 0.2) is 0 Å². The molecule has 0 heterocycles. The first-order valence-electron chi connectivity index (χ1n) is 10.5. The predicted octanol–water partition coefficient (Wildman–Crippen LogP) is 6.29. The molecule has 3 rings (SSSR count). The standard InChI is InChI=1S/C26H26ClFN2O2/c1-2-21(22-10-9-20(28)14-23(22)27)26(18-8-11-24(30)19(13-18)15-29)17-6-3-16(4-7-17)5-12-25(31)32/h3-4,6-8,10-11,13-15,20,29H,2,5,9,12,30H2,1H3,(H,31,32)/b26-21+,29-15?. The second-order valence-corrected chi connectivity index (χ2v) is 8.08. The zero-order valence-electron chi connectivity index (χ0n) is 17.9. The van der Waals surface area contributed by atoms with E-state index in [2.05, 4.69) is 0 Å². The minimum absolute atomic E-state index is 0.0700. The minimum atomic E-state index is -1.10. The number of carboxylic acid groups (broad SMARTS) is 1. The second-order valence-electron chi connectivity index (χ2n) is 7.67. The first-order valence-corrected chi connectivity index (χ1v) is 10.9. The summed E-state index contributed by atoms with van der Waals surface area (Å²) in [5.74, 6) is -0.833. The third-order valence-electron chi connectivity index (χ3n) is 5.51. The molecule has 4 N–H and O–H groups in total. The van der Waals surface area contributed by atoms with Gasteiger partial charge in [-0.3, -0.25) is 4.79 Å². The van der Waals surface area contributed by atoms with Crippen molar-refractivity contribution in [3.63, 3.8) is 0 Å². The molecule has 0 saturated heterocycles. The molecule has 0 radical (unpaired) electrons. The lowest BCUT2D eigenvalue weighted by atomic mass is 9.85. The van der Waals surface area contributed by atoms with E-state index in [9.17, 15) is 9.18 Å². The first kappa shape index (κ1) is 23.5. The number of rotatable bonds is 8. The topological polar surface area (TPSA) is 87.2 Å². The van der Waals surface area contributed by atoms with Gasteiger partial charge in [-0.1, -0.05) is 54.9 Å². The number of anilines is 1. The second kappa shape index (κ2) is 10.4. The van der Waals surface area contributed by atoms with Crippen LogP contribution in [0.2, 0.25) is 0 Å². The molecule has 0 saturated carbocycles. The maximum atomic E-state index is 13.8. The highest BCUT2D eigenvalue weighted by Crippen LogP contribution is 2.39. The van der Waals surface area contributed by atoms with Crippen LogP contribution in [0, 0.1) is 5.41 Å². The molecule has 0 aromatic heterocycles. The quantitative estimate of drug-likeness (QED) is 0.325. The zero-order chi connectivity index (χ0) is 23.3. The van der Waals surface area contributed by atoms with Gasteiger partial charge >= 0.3 is 5.97 Å². The molecule has 32 heavy (non-hydrogen) atoms. The van der Waals surface area contributed by atoms with E-state index in [-0.39, 0.29) is 12.8 Å². The lowest BCUT2D eigenvalue weighted by Crippen LogP contribution is -2.06. The summed E-state index contributed by atoms with van der Waals surface area (Å²) >= 11 is 6.46. The van der Waals surface area contributed by atoms with Gasteiger partial charge < -0.3 is 16.2 Å². The van der Waals surface area contributed by atoms with Crippen molar-refractivity contribution in [2.45, 2.75) is 38.8 Å². The largest absolute Gasteiger partial charge is 0.481 e. The van der Waals surface area contributed by atoms with E-state index < -0.39 is 12.1 Å². The fraction of sp³-hybridized carbons (Fsp3) is 0.231. The molecule has 4 nitrogen and oxygen atoms in total. The van der Waals surface area contributed by atoms with Crippen molar-refractivity contribution in [3.05, 3.63) is 93.0 Å². The fourth-order valence-electron chi connectivity index (χ4n) is 3.87. The molecule has 0 fully saturated rings. The van der Waals surface area contributed by atoms with Gasteiger partial charge in [-0.05, 0) is 64.5 Å². The van der Waals surface area contributed by atoms with E-state index in [0.29, 0.717) is 29.1 Å². The normalized spacial score (nSPS) is 16.7. The molecule has 1 aliphatic rings. The Morgan fingerprint density at radius 1 is 1.25 bits per heavy atom. The molecule has 2 aromatic rings. The van der Waals surface area contributed by atoms with Gasteiger partial charge in [-0.25, -0.2) is 4.39 Å². The minimum Gasteiger partial charge on any atom is -0.481 e. The highest BCUT2D eigenvalue weighted by Gasteiger charge is 2.21. The molecule has 0 spiro atoms. The number of nitrogen functional groups attached to an aromatic ring is 1. The summed E-state index contributed by atoms with van der Waals surface area (Å²) in [7, 11) is 0. The van der Waals surface area contributed by atoms with Crippen molar-refractivity contribution in [1.82, 2.24) is 0 Å². The fourth-order valence-corrected chi connectivity index (χ4v) is 4.20. The Hall–Kier alpha value is -3.18. The van der Waals surface area contributed by atoms with E-state index in [1.54, 1.807) is 6.07 Å². The van der Waals surface area contributed by atoms with Gasteiger partial charge in [-0.2, -0.15) is 0 Å². The van der Waals surface area contributed by atoms with Crippen molar-refractivity contribution in [3.8, 4) is 0 Å². The molecule has 0 aliphatic heterocycles. The lowest BCUT2D eigenvalue weighted by Gasteiger charge is -2.21. The van der Waals surface area contributed by atoms with Gasteiger partial charge in [0.1, 0.15) is 6.17 Å². The number of halogens is 2. The van der Waals surface area contributed by atoms with Crippen LogP contribution in [0.5, 0.6) is 0 Å². The van der Waals surface area contributed by atoms with Gasteiger partial charge in [0.05, 0.1) is 0 Å². The highest BCUT2D eigenvalue weighted by atomic mass is 35.5. The average molecular weight is 453 g/mol. The van der Waals surface area contributed by atoms with E-state index in [0.717, 1.165) is 33.4 Å². The Balaban J connectivity index is 2.18. The molecular weight excluding hydrogens is 427 g/mol. The van der Waals surface area contributed by atoms with Gasteiger partial charge in [-0.15, -0.1) is 0 Å². The van der Waals surface area contributed by atoms with Crippen molar-refractivity contribution in [1.29, 1.82) is 5.41 Å². The molecule has 0 bridgehead atoms. The summed E-state index contributed by atoms with van der Waals surface area (Å²) in [6.45, 7) is 2.03. The van der Waals surface area contributed by atoms with E-state index in [4.69, 9.17) is 27.9 Å². The zero-order valence-corrected chi connectivity index (χ0v) is 18.6. The number of aliphatic carboxylic acids is 1.